The molecule has 0 bridgehead atoms. The van der Waals surface area contributed by atoms with Gasteiger partial charge in [0.15, 0.2) is 40.2 Å². The molecular weight excluding hydrogens is 1440 g/mol. The van der Waals surface area contributed by atoms with E-state index in [1.807, 2.05) is 88.9 Å². The van der Waals surface area contributed by atoms with Gasteiger partial charge < -0.3 is 57.7 Å². The lowest BCUT2D eigenvalue weighted by atomic mass is 10.1. The Bertz CT molecular complexity index is 5410. The first-order valence-corrected chi connectivity index (χ1v) is 36.5. The molecule has 0 saturated carbocycles. The molecule has 3 amide bonds. The second-order valence-corrected chi connectivity index (χ2v) is 26.4. The topological polar surface area (TPSA) is 247 Å². The van der Waals surface area contributed by atoms with Crippen LogP contribution in [0.3, 0.4) is 0 Å². The van der Waals surface area contributed by atoms with Crippen LogP contribution >= 0.6 is 11.6 Å². The number of fused-ring (bicyclic) bond motifs is 3. The van der Waals surface area contributed by atoms with Crippen molar-refractivity contribution in [2.24, 2.45) is 0 Å². The predicted molar refractivity (Wildman–Crippen MR) is 418 cm³/mol. The summed E-state index contributed by atoms with van der Waals surface area (Å²) in [6.45, 7) is 19.3. The average molecular weight is 1520 g/mol. The molecule has 3 atom stereocenters. The summed E-state index contributed by atoms with van der Waals surface area (Å²) in [5, 5.41) is 28.3. The zero-order chi connectivity index (χ0) is 77.8. The van der Waals surface area contributed by atoms with Crippen LogP contribution in [0.15, 0.2) is 203 Å². The fourth-order valence-electron chi connectivity index (χ4n) is 14.0. The molecule has 0 aliphatic carbocycles. The van der Waals surface area contributed by atoms with Gasteiger partial charge in [-0.3, -0.25) is 43.4 Å². The van der Waals surface area contributed by atoms with Gasteiger partial charge in [0, 0.05) is 74.5 Å². The van der Waals surface area contributed by atoms with Gasteiger partial charge in [0.05, 0.1) is 87.4 Å². The van der Waals surface area contributed by atoms with Gasteiger partial charge in [0.1, 0.15) is 67.4 Å². The maximum absolute atomic E-state index is 14.5. The third-order valence-corrected chi connectivity index (χ3v) is 19.7. The molecule has 0 radical (unpaired) electrons. The van der Waals surface area contributed by atoms with Gasteiger partial charge in [0.25, 0.3) is 0 Å². The van der Waals surface area contributed by atoms with Gasteiger partial charge in [-0.2, -0.15) is 24.1 Å². The number of benzene rings is 6. The zero-order valence-corrected chi connectivity index (χ0v) is 62.6. The van der Waals surface area contributed by atoms with Crippen molar-refractivity contribution >= 4 is 62.0 Å². The van der Waals surface area contributed by atoms with Crippen LogP contribution < -0.4 is 37.9 Å². The van der Waals surface area contributed by atoms with Crippen molar-refractivity contribution in [3.8, 4) is 103 Å². The number of ether oxygens (including phenoxy) is 8. The van der Waals surface area contributed by atoms with Gasteiger partial charge in [-0.1, -0.05) is 49.5 Å². The van der Waals surface area contributed by atoms with E-state index in [-0.39, 0.29) is 64.6 Å². The Morgan fingerprint density at radius 1 is 0.450 bits per heavy atom. The molecule has 24 nitrogen and oxygen atoms in total. The first-order chi connectivity index (χ1) is 54.1. The van der Waals surface area contributed by atoms with Crippen LogP contribution in [0.4, 0.5) is 8.78 Å². The number of carbonyl (C=O) groups excluding carboxylic acids is 3. The Kier molecular flexibility index (Phi) is 23.8. The monoisotopic (exact) mass is 1520 g/mol. The molecule has 27 heteroatoms. The van der Waals surface area contributed by atoms with Gasteiger partial charge in [0.2, 0.25) is 29.4 Å². The van der Waals surface area contributed by atoms with Crippen LogP contribution in [0.2, 0.25) is 5.02 Å². The van der Waals surface area contributed by atoms with E-state index < -0.39 is 11.6 Å². The molecule has 3 fully saturated rings. The van der Waals surface area contributed by atoms with Crippen LogP contribution in [0.5, 0.6) is 69.0 Å². The summed E-state index contributed by atoms with van der Waals surface area (Å²) >= 11 is 6.40. The Labute approximate surface area is 643 Å². The average Bonchev–Trinajstić information content (AvgIpc) is 1.62. The van der Waals surface area contributed by atoms with Gasteiger partial charge in [-0.05, 0) is 173 Å². The highest BCUT2D eigenvalue weighted by molar-refractivity contribution is 6.33. The lowest BCUT2D eigenvalue weighted by Gasteiger charge is -2.32. The predicted octanol–water partition coefficient (Wildman–Crippen LogP) is 16.8. The van der Waals surface area contributed by atoms with E-state index in [2.05, 4.69) is 34.7 Å². The number of likely N-dealkylation sites (tertiary alicyclic amines) is 3. The van der Waals surface area contributed by atoms with Crippen molar-refractivity contribution in [2.75, 3.05) is 73.8 Å². The number of methoxy groups -OCH3 is 3. The third-order valence-electron chi connectivity index (χ3n) is 19.3. The number of hydrogen-bond acceptors (Lipinski definition) is 18. The van der Waals surface area contributed by atoms with Crippen molar-refractivity contribution < 1.29 is 66.2 Å². The minimum absolute atomic E-state index is 0.00307. The minimum atomic E-state index is -0.577. The number of carbonyl (C=O) groups is 3. The molecule has 3 aliphatic heterocycles. The summed E-state index contributed by atoms with van der Waals surface area (Å²) in [5.41, 5.74) is 6.96. The lowest BCUT2D eigenvalue weighted by Crippen LogP contribution is -2.40. The van der Waals surface area contributed by atoms with Crippen molar-refractivity contribution in [3.63, 3.8) is 0 Å². The number of hydrogen-bond donors (Lipinski definition) is 1. The fraction of sp³-hybridized carbons (Fsp3) is 0.250. The third kappa shape index (κ3) is 16.3. The summed E-state index contributed by atoms with van der Waals surface area (Å²) < 4.78 is 79.4. The molecule has 3 aliphatic rings. The Morgan fingerprint density at radius 3 is 1.19 bits per heavy atom. The number of aromatic nitrogens is 9. The van der Waals surface area contributed by atoms with Gasteiger partial charge >= 0.3 is 0 Å². The number of aromatic hydroxyl groups is 1. The standard InChI is InChI=1S/C29H29ClN4O4.C28H27FN4O4.C27H25FN4O4/c1-4-26(35)33-15-7-8-20(18-33)34-29-22(16-31-17-25(29)37-5-2)28(32-34)19-11-13-21(14-12-19)38-24-10-6-9-23(36-3)27(24)30;1-4-25(34)32-14-13-19(17-32)33-28-21(15-30-16-24(28)36-5-2)27(31-33)18-9-11-20(12-10-18)37-23-8-6-7-22(35-3)26(23)29;1-3-24(34)31-13-5-6-18(16-31)32-27-20(14-29-15-21(27)33)26(30-32)17-9-11-19(12-10-17)36-23-8-4-7-22(35-2)25(23)28/h4,6,9-14,16-17,20H,1,5,7-8,15,18H2,2-3H3;4,6-12,15-16,19H,1,5,13-14,17H2,2-3H3;3-4,7-12,14-15,18,33H,1,5-6,13,16H2,2H3/t;19-;18-/m.11/s1. The Balaban J connectivity index is 0.000000146. The van der Waals surface area contributed by atoms with Crippen molar-refractivity contribution in [2.45, 2.75) is 64.1 Å². The van der Waals surface area contributed by atoms with Crippen LogP contribution in [-0.4, -0.2) is 156 Å². The van der Waals surface area contributed by atoms with E-state index in [9.17, 15) is 28.3 Å². The molecule has 111 heavy (non-hydrogen) atoms. The normalized spacial score (nSPS) is 15.4. The number of rotatable bonds is 22. The summed E-state index contributed by atoms with van der Waals surface area (Å²) in [6, 6.07) is 36.7. The van der Waals surface area contributed by atoms with E-state index in [0.717, 1.165) is 82.0 Å². The Hall–Kier alpha value is -12.8. The molecular formula is C84H81ClF2N12O12. The summed E-state index contributed by atoms with van der Waals surface area (Å²) in [7, 11) is 4.37. The summed E-state index contributed by atoms with van der Waals surface area (Å²) in [5.74, 6) is 2.88. The summed E-state index contributed by atoms with van der Waals surface area (Å²) in [6.07, 6.45) is 18.3. The van der Waals surface area contributed by atoms with Crippen LogP contribution in [0, 0.1) is 11.6 Å². The highest BCUT2D eigenvalue weighted by Crippen LogP contribution is 2.43. The summed E-state index contributed by atoms with van der Waals surface area (Å²) in [4.78, 5) is 55.0. The molecule has 570 valence electrons. The van der Waals surface area contributed by atoms with Crippen molar-refractivity contribution in [1.82, 2.24) is 59.0 Å². The number of pyridine rings is 3. The Morgan fingerprint density at radius 2 is 0.793 bits per heavy atom. The van der Waals surface area contributed by atoms with Crippen molar-refractivity contribution in [3.05, 3.63) is 219 Å². The molecule has 6 aromatic carbocycles. The van der Waals surface area contributed by atoms with Gasteiger partial charge in [-0.25, -0.2) is 0 Å². The molecule has 15 rings (SSSR count). The van der Waals surface area contributed by atoms with E-state index >= 15 is 0 Å². The molecule has 1 N–H and O–H groups in total. The maximum atomic E-state index is 14.5. The van der Waals surface area contributed by atoms with Crippen molar-refractivity contribution in [1.29, 1.82) is 0 Å². The highest BCUT2D eigenvalue weighted by atomic mass is 35.5. The SMILES string of the molecule is C=CC(=O)N1CCCC(n2nc(-c3ccc(Oc4cccc(OC)c4Cl)cc3)c3cncc(OCC)c32)C1.C=CC(=O)N1CCC[C@@H](n2nc(-c3ccc(Oc4cccc(OC)c4F)cc3)c3cncc(O)c32)C1.C=CC(=O)N1CC[C@@H](n2nc(-c3ccc(Oc4cccc(OC)c4F)cc3)c3cncc(OCC)c32)C1. The number of piperidine rings is 2. The van der Waals surface area contributed by atoms with E-state index in [1.54, 1.807) is 101 Å². The first-order valence-electron chi connectivity index (χ1n) is 36.2. The van der Waals surface area contributed by atoms with E-state index in [4.69, 9.17) is 64.8 Å². The molecule has 12 aromatic rings. The molecule has 6 aromatic heterocycles. The first kappa shape index (κ1) is 76.4. The second kappa shape index (κ2) is 34.6. The second-order valence-electron chi connectivity index (χ2n) is 26.1. The van der Waals surface area contributed by atoms with Gasteiger partial charge in [-0.15, -0.1) is 0 Å². The maximum Gasteiger partial charge on any atom is 0.246 e. The number of halogens is 3. The van der Waals surface area contributed by atoms with Crippen LogP contribution in [0.1, 0.15) is 64.1 Å². The zero-order valence-electron chi connectivity index (χ0n) is 61.8. The van der Waals surface area contributed by atoms with E-state index in [1.165, 1.54) is 56.8 Å². The number of nitrogens with zero attached hydrogens (tertiary/aromatic N) is 12. The van der Waals surface area contributed by atoms with Crippen LogP contribution in [-0.2, 0) is 14.4 Å². The minimum Gasteiger partial charge on any atom is -0.504 e. The van der Waals surface area contributed by atoms with Crippen LogP contribution in [0.25, 0.3) is 66.5 Å². The lowest BCUT2D eigenvalue weighted by molar-refractivity contribution is -0.128. The molecule has 1 unspecified atom stereocenters. The largest absolute Gasteiger partial charge is 0.504 e. The highest BCUT2D eigenvalue weighted by Gasteiger charge is 2.33. The smallest absolute Gasteiger partial charge is 0.246 e. The molecule has 3 saturated heterocycles. The van der Waals surface area contributed by atoms with E-state index in [0.29, 0.717) is 114 Å². The quantitative estimate of drug-likeness (QED) is 0.0619. The molecule has 9 heterocycles. The fourth-order valence-corrected chi connectivity index (χ4v) is 14.2. The number of amides is 3. The molecule has 0 spiro atoms.